The zero-order chi connectivity index (χ0) is 22.6. The first-order valence-electron chi connectivity index (χ1n) is 10.8. The lowest BCUT2D eigenvalue weighted by molar-refractivity contribution is -0.111. The molecule has 0 saturated carbocycles. The lowest BCUT2D eigenvalue weighted by Gasteiger charge is -2.11. The van der Waals surface area contributed by atoms with E-state index >= 15 is 0 Å². The first kappa shape index (κ1) is 20.5. The van der Waals surface area contributed by atoms with Crippen LogP contribution in [0, 0.1) is 0 Å². The van der Waals surface area contributed by atoms with Gasteiger partial charge in [0.15, 0.2) is 0 Å². The van der Waals surface area contributed by atoms with Gasteiger partial charge < -0.3 is 15.6 Å². The Balaban J connectivity index is 1.41. The van der Waals surface area contributed by atoms with Crippen LogP contribution in [0.3, 0.4) is 0 Å². The molecule has 0 aliphatic carbocycles. The lowest BCUT2D eigenvalue weighted by atomic mass is 10.0. The summed E-state index contributed by atoms with van der Waals surface area (Å²) in [5.74, 6) is -0.268. The second kappa shape index (κ2) is 8.96. The number of nitrogens with zero attached hydrogens (tertiary/aromatic N) is 1. The number of hydrogen-bond donors (Lipinski definition) is 3. The Kier molecular flexibility index (Phi) is 5.55. The van der Waals surface area contributed by atoms with E-state index in [1.54, 1.807) is 12.3 Å². The van der Waals surface area contributed by atoms with Crippen molar-refractivity contribution in [2.45, 2.75) is 6.42 Å². The third-order valence-electron chi connectivity index (χ3n) is 5.56. The van der Waals surface area contributed by atoms with Gasteiger partial charge in [-0.25, -0.2) is 0 Å². The summed E-state index contributed by atoms with van der Waals surface area (Å²) in [6.45, 7) is 0.638. The first-order chi connectivity index (χ1) is 16.2. The second-order valence-electron chi connectivity index (χ2n) is 7.79. The molecule has 2 amide bonds. The number of carbonyl (C=O) groups is 2. The number of hydrogen-bond acceptors (Lipinski definition) is 3. The quantitative estimate of drug-likeness (QED) is 0.399. The number of H-pyrrole nitrogens is 1. The third-order valence-corrected chi connectivity index (χ3v) is 5.56. The highest BCUT2D eigenvalue weighted by atomic mass is 16.2. The highest BCUT2D eigenvalue weighted by Crippen LogP contribution is 2.30. The van der Waals surface area contributed by atoms with Crippen LogP contribution < -0.4 is 10.6 Å². The van der Waals surface area contributed by atoms with Crippen LogP contribution in [-0.4, -0.2) is 28.3 Å². The van der Waals surface area contributed by atoms with Crippen LogP contribution in [-0.2, 0) is 11.2 Å². The zero-order valence-corrected chi connectivity index (χ0v) is 17.8. The highest BCUT2D eigenvalue weighted by molar-refractivity contribution is 6.04. The van der Waals surface area contributed by atoms with E-state index in [1.807, 2.05) is 72.8 Å². The zero-order valence-electron chi connectivity index (χ0n) is 17.8. The average Bonchev–Trinajstić information content (AvgIpc) is 3.30. The Morgan fingerprint density at radius 3 is 2.64 bits per heavy atom. The number of nitrogens with one attached hydrogen (secondary N) is 3. The maximum Gasteiger partial charge on any atom is 0.253 e. The number of benzene rings is 2. The molecule has 0 unspecified atom stereocenters. The Morgan fingerprint density at radius 2 is 1.79 bits per heavy atom. The molecule has 5 rings (SSSR count). The molecule has 0 spiro atoms. The first-order valence-corrected chi connectivity index (χ1v) is 10.8. The van der Waals surface area contributed by atoms with E-state index in [4.69, 9.17) is 0 Å². The number of aromatic amines is 1. The van der Waals surface area contributed by atoms with Crippen molar-refractivity contribution in [3.05, 3.63) is 102 Å². The van der Waals surface area contributed by atoms with Gasteiger partial charge in [0, 0.05) is 47.8 Å². The molecule has 4 aromatic rings. The largest absolute Gasteiger partial charge is 0.358 e. The molecule has 2 aromatic carbocycles. The summed E-state index contributed by atoms with van der Waals surface area (Å²) < 4.78 is 0. The van der Waals surface area contributed by atoms with Crippen LogP contribution in [0.25, 0.3) is 28.6 Å². The molecule has 0 saturated heterocycles. The van der Waals surface area contributed by atoms with Crippen molar-refractivity contribution >= 4 is 23.6 Å². The van der Waals surface area contributed by atoms with E-state index in [-0.39, 0.29) is 11.8 Å². The van der Waals surface area contributed by atoms with Crippen molar-refractivity contribution < 1.29 is 9.59 Å². The maximum absolute atomic E-state index is 12.5. The molecular weight excluding hydrogens is 412 g/mol. The minimum atomic E-state index is -0.217. The second-order valence-corrected chi connectivity index (χ2v) is 7.79. The third kappa shape index (κ3) is 4.45. The van der Waals surface area contributed by atoms with E-state index in [0.29, 0.717) is 17.8 Å². The lowest BCUT2D eigenvalue weighted by Crippen LogP contribution is -2.31. The number of anilines is 1. The Hall–Kier alpha value is -4.45. The fourth-order valence-corrected chi connectivity index (χ4v) is 3.92. The number of carbonyl (C=O) groups excluding carboxylic acids is 2. The van der Waals surface area contributed by atoms with Gasteiger partial charge in [-0.05, 0) is 35.9 Å². The van der Waals surface area contributed by atoms with E-state index in [2.05, 4.69) is 20.6 Å². The minimum Gasteiger partial charge on any atom is -0.358 e. The van der Waals surface area contributed by atoms with Gasteiger partial charge >= 0.3 is 0 Å². The van der Waals surface area contributed by atoms with E-state index in [1.165, 1.54) is 6.08 Å². The monoisotopic (exact) mass is 434 g/mol. The van der Waals surface area contributed by atoms with Crippen LogP contribution >= 0.6 is 0 Å². The molecule has 33 heavy (non-hydrogen) atoms. The van der Waals surface area contributed by atoms with Gasteiger partial charge in [0.2, 0.25) is 5.91 Å². The molecule has 3 heterocycles. The number of fused-ring (bicyclic) bond motifs is 1. The summed E-state index contributed by atoms with van der Waals surface area (Å²) in [6, 6.07) is 23.0. The van der Waals surface area contributed by atoms with Crippen LogP contribution in [0.15, 0.2) is 85.1 Å². The SMILES string of the molecule is O=C(/C=C/c1ccccc1)Nc1ccccc1-c1cc(-c2cc3c([nH]2)CCNC3=O)ccn1. The number of aromatic nitrogens is 2. The maximum atomic E-state index is 12.5. The highest BCUT2D eigenvalue weighted by Gasteiger charge is 2.20. The van der Waals surface area contributed by atoms with Crippen LogP contribution in [0.1, 0.15) is 21.6 Å². The standard InChI is InChI=1S/C27H22N4O2/c32-26(11-10-18-6-2-1-3-7-18)31-22-9-5-4-8-20(22)25-16-19(12-14-28-25)24-17-21-23(30-24)13-15-29-27(21)33/h1-12,14,16-17,30H,13,15H2,(H,29,33)(H,31,32)/b11-10+. The van der Waals surface area contributed by atoms with Crippen LogP contribution in [0.4, 0.5) is 5.69 Å². The Labute approximate surface area is 191 Å². The fraction of sp³-hybridized carbons (Fsp3) is 0.0741. The van der Waals surface area contributed by atoms with Gasteiger partial charge in [-0.3, -0.25) is 14.6 Å². The molecule has 0 atom stereocenters. The molecular formula is C27H22N4O2. The summed E-state index contributed by atoms with van der Waals surface area (Å²) in [5.41, 5.74) is 6.60. The van der Waals surface area contributed by atoms with E-state index in [0.717, 1.165) is 40.2 Å². The summed E-state index contributed by atoms with van der Waals surface area (Å²) >= 11 is 0. The van der Waals surface area contributed by atoms with Crippen molar-refractivity contribution in [2.24, 2.45) is 0 Å². The molecule has 0 fully saturated rings. The summed E-state index contributed by atoms with van der Waals surface area (Å²) in [7, 11) is 0. The predicted octanol–water partition coefficient (Wildman–Crippen LogP) is 4.68. The van der Waals surface area contributed by atoms with E-state index < -0.39 is 0 Å². The van der Waals surface area contributed by atoms with Crippen molar-refractivity contribution in [3.63, 3.8) is 0 Å². The molecule has 3 N–H and O–H groups in total. The molecule has 0 radical (unpaired) electrons. The smallest absolute Gasteiger partial charge is 0.253 e. The van der Waals surface area contributed by atoms with Crippen molar-refractivity contribution in [3.8, 4) is 22.5 Å². The minimum absolute atomic E-state index is 0.0513. The predicted molar refractivity (Wildman–Crippen MR) is 130 cm³/mol. The number of para-hydroxylation sites is 1. The average molecular weight is 434 g/mol. The van der Waals surface area contributed by atoms with Crippen LogP contribution in [0.5, 0.6) is 0 Å². The van der Waals surface area contributed by atoms with Gasteiger partial charge in [-0.2, -0.15) is 0 Å². The molecule has 162 valence electrons. The molecule has 1 aliphatic rings. The van der Waals surface area contributed by atoms with E-state index in [9.17, 15) is 9.59 Å². The number of amides is 2. The van der Waals surface area contributed by atoms with Crippen molar-refractivity contribution in [1.82, 2.24) is 15.3 Å². The van der Waals surface area contributed by atoms with Gasteiger partial charge in [0.1, 0.15) is 0 Å². The van der Waals surface area contributed by atoms with Crippen molar-refractivity contribution in [2.75, 3.05) is 11.9 Å². The molecule has 0 bridgehead atoms. The molecule has 1 aliphatic heterocycles. The number of rotatable bonds is 5. The van der Waals surface area contributed by atoms with Crippen LogP contribution in [0.2, 0.25) is 0 Å². The van der Waals surface area contributed by atoms with Gasteiger partial charge in [-0.15, -0.1) is 0 Å². The number of pyridine rings is 1. The summed E-state index contributed by atoms with van der Waals surface area (Å²) in [6.07, 6.45) is 5.81. The van der Waals surface area contributed by atoms with Crippen molar-refractivity contribution in [1.29, 1.82) is 0 Å². The van der Waals surface area contributed by atoms with Gasteiger partial charge in [0.25, 0.3) is 5.91 Å². The molecule has 6 nitrogen and oxygen atoms in total. The molecule has 2 aromatic heterocycles. The summed E-state index contributed by atoms with van der Waals surface area (Å²) in [5, 5.41) is 5.83. The Morgan fingerprint density at radius 1 is 0.970 bits per heavy atom. The molecule has 6 heteroatoms. The van der Waals surface area contributed by atoms with Gasteiger partial charge in [-0.1, -0.05) is 48.5 Å². The topological polar surface area (TPSA) is 86.9 Å². The fourth-order valence-electron chi connectivity index (χ4n) is 3.92. The summed E-state index contributed by atoms with van der Waals surface area (Å²) in [4.78, 5) is 32.6. The van der Waals surface area contributed by atoms with Gasteiger partial charge in [0.05, 0.1) is 16.9 Å². The normalized spacial score (nSPS) is 12.9. The Bertz CT molecular complexity index is 1360.